The minimum atomic E-state index is -3.70. The van der Waals surface area contributed by atoms with Gasteiger partial charge in [-0.15, -0.1) is 10.2 Å². The zero-order valence-electron chi connectivity index (χ0n) is 12.8. The summed E-state index contributed by atoms with van der Waals surface area (Å²) < 4.78 is 28.9. The molecule has 0 aliphatic rings. The lowest BCUT2D eigenvalue weighted by molar-refractivity contribution is 0.601. The van der Waals surface area contributed by atoms with Crippen molar-refractivity contribution in [2.75, 3.05) is 4.72 Å². The highest BCUT2D eigenvalue weighted by Crippen LogP contribution is 2.23. The van der Waals surface area contributed by atoms with Crippen molar-refractivity contribution in [3.05, 3.63) is 67.3 Å². The van der Waals surface area contributed by atoms with E-state index in [4.69, 9.17) is 0 Å². The van der Waals surface area contributed by atoms with Crippen molar-refractivity contribution in [3.8, 4) is 11.3 Å². The number of anilines is 1. The molecule has 1 aromatic carbocycles. The zero-order valence-corrected chi connectivity index (χ0v) is 13.6. The van der Waals surface area contributed by atoms with Gasteiger partial charge in [-0.3, -0.25) is 9.71 Å². The largest absolute Gasteiger partial charge is 0.280 e. The van der Waals surface area contributed by atoms with Gasteiger partial charge in [0, 0.05) is 23.6 Å². The molecule has 3 heterocycles. The van der Waals surface area contributed by atoms with Gasteiger partial charge in [0.2, 0.25) is 0 Å². The number of pyridine rings is 1. The van der Waals surface area contributed by atoms with Crippen LogP contribution in [0.4, 0.5) is 5.69 Å². The van der Waals surface area contributed by atoms with Gasteiger partial charge in [0.15, 0.2) is 5.65 Å². The summed E-state index contributed by atoms with van der Waals surface area (Å²) >= 11 is 0. The Hall–Kier alpha value is -3.33. The van der Waals surface area contributed by atoms with Gasteiger partial charge in [0.25, 0.3) is 10.0 Å². The number of aromatic nitrogens is 5. The van der Waals surface area contributed by atoms with Crippen molar-refractivity contribution in [1.82, 2.24) is 24.8 Å². The van der Waals surface area contributed by atoms with E-state index in [0.717, 1.165) is 5.56 Å². The number of hydrogen-bond acceptors (Lipinski definition) is 6. The van der Waals surface area contributed by atoms with Gasteiger partial charge in [-0.05, 0) is 36.4 Å². The summed E-state index contributed by atoms with van der Waals surface area (Å²) in [6.45, 7) is 0. The molecule has 0 spiro atoms. The summed E-state index contributed by atoms with van der Waals surface area (Å²) in [4.78, 5) is 3.94. The van der Waals surface area contributed by atoms with E-state index in [1.807, 2.05) is 6.07 Å². The fraction of sp³-hybridized carbons (Fsp3) is 0. The van der Waals surface area contributed by atoms with Crippen LogP contribution < -0.4 is 4.72 Å². The standard InChI is InChI=1S/C16H12N6O2S/c23-25(24,14-5-2-8-17-10-14)21-13-4-1-3-12(9-13)15-6-7-16-19-18-11-22(16)20-15/h1-11,21H. The van der Waals surface area contributed by atoms with Gasteiger partial charge < -0.3 is 0 Å². The van der Waals surface area contributed by atoms with Gasteiger partial charge in [-0.2, -0.15) is 9.61 Å². The van der Waals surface area contributed by atoms with Gasteiger partial charge >= 0.3 is 0 Å². The molecule has 0 bridgehead atoms. The minimum absolute atomic E-state index is 0.101. The van der Waals surface area contributed by atoms with Crippen molar-refractivity contribution < 1.29 is 8.42 Å². The van der Waals surface area contributed by atoms with E-state index in [1.54, 1.807) is 40.9 Å². The second-order valence-electron chi connectivity index (χ2n) is 5.23. The second kappa shape index (κ2) is 5.95. The molecule has 0 saturated carbocycles. The molecule has 0 fully saturated rings. The number of fused-ring (bicyclic) bond motifs is 1. The van der Waals surface area contributed by atoms with Gasteiger partial charge in [0.05, 0.1) is 5.69 Å². The fourth-order valence-electron chi connectivity index (χ4n) is 2.34. The molecule has 25 heavy (non-hydrogen) atoms. The molecule has 8 nitrogen and oxygen atoms in total. The fourth-order valence-corrected chi connectivity index (χ4v) is 3.36. The van der Waals surface area contributed by atoms with Crippen molar-refractivity contribution in [2.24, 2.45) is 0 Å². The Bertz CT molecular complexity index is 1140. The smallest absolute Gasteiger partial charge is 0.263 e. The van der Waals surface area contributed by atoms with Crippen molar-refractivity contribution >= 4 is 21.4 Å². The lowest BCUT2D eigenvalue weighted by atomic mass is 10.1. The van der Waals surface area contributed by atoms with Crippen LogP contribution in [-0.4, -0.2) is 33.2 Å². The molecule has 0 radical (unpaired) electrons. The Morgan fingerprint density at radius 1 is 1.04 bits per heavy atom. The van der Waals surface area contributed by atoms with E-state index < -0.39 is 10.0 Å². The normalized spacial score (nSPS) is 11.5. The highest BCUT2D eigenvalue weighted by Gasteiger charge is 2.14. The maximum atomic E-state index is 12.4. The van der Waals surface area contributed by atoms with Gasteiger partial charge in [0.1, 0.15) is 11.2 Å². The van der Waals surface area contributed by atoms with Gasteiger partial charge in [-0.1, -0.05) is 12.1 Å². The van der Waals surface area contributed by atoms with Crippen LogP contribution in [0.1, 0.15) is 0 Å². The minimum Gasteiger partial charge on any atom is -0.280 e. The molecule has 0 saturated heterocycles. The summed E-state index contributed by atoms with van der Waals surface area (Å²) in [5.41, 5.74) is 2.51. The van der Waals surface area contributed by atoms with Crippen LogP contribution in [0.2, 0.25) is 0 Å². The summed E-state index contributed by atoms with van der Waals surface area (Å²) in [6.07, 6.45) is 4.33. The lowest BCUT2D eigenvalue weighted by Crippen LogP contribution is -2.13. The molecule has 124 valence electrons. The third-order valence-electron chi connectivity index (χ3n) is 3.52. The molecule has 0 atom stereocenters. The van der Waals surface area contributed by atoms with E-state index in [2.05, 4.69) is 25.0 Å². The first-order valence-electron chi connectivity index (χ1n) is 7.32. The molecule has 1 N–H and O–H groups in total. The molecular formula is C16H12N6O2S. The maximum Gasteiger partial charge on any atom is 0.263 e. The molecule has 4 aromatic rings. The van der Waals surface area contributed by atoms with E-state index in [1.165, 1.54) is 24.8 Å². The maximum absolute atomic E-state index is 12.4. The molecule has 9 heteroatoms. The van der Waals surface area contributed by atoms with Crippen molar-refractivity contribution in [2.45, 2.75) is 4.90 Å². The Morgan fingerprint density at radius 3 is 2.80 bits per heavy atom. The highest BCUT2D eigenvalue weighted by atomic mass is 32.2. The molecule has 0 unspecified atom stereocenters. The number of sulfonamides is 1. The second-order valence-corrected chi connectivity index (χ2v) is 6.91. The predicted molar refractivity (Wildman–Crippen MR) is 91.3 cm³/mol. The van der Waals surface area contributed by atoms with Crippen LogP contribution in [0.15, 0.2) is 72.1 Å². The van der Waals surface area contributed by atoms with Gasteiger partial charge in [-0.25, -0.2) is 8.42 Å². The first-order valence-corrected chi connectivity index (χ1v) is 8.80. The molecule has 0 aliphatic carbocycles. The van der Waals surface area contributed by atoms with E-state index in [0.29, 0.717) is 17.0 Å². The summed E-state index contributed by atoms with van der Waals surface area (Å²) in [5, 5.41) is 12.1. The predicted octanol–water partition coefficient (Wildman–Crippen LogP) is 1.99. The SMILES string of the molecule is O=S(=O)(Nc1cccc(-c2ccc3nncn3n2)c1)c1cccnc1. The van der Waals surface area contributed by atoms with Crippen molar-refractivity contribution in [1.29, 1.82) is 0 Å². The number of nitrogens with zero attached hydrogens (tertiary/aromatic N) is 5. The monoisotopic (exact) mass is 352 g/mol. The molecule has 0 aliphatic heterocycles. The van der Waals surface area contributed by atoms with Crippen LogP contribution in [0.3, 0.4) is 0 Å². The molecule has 3 aromatic heterocycles. The summed E-state index contributed by atoms with van der Waals surface area (Å²) in [6, 6.07) is 13.7. The van der Waals surface area contributed by atoms with Crippen LogP contribution in [0.5, 0.6) is 0 Å². The van der Waals surface area contributed by atoms with E-state index >= 15 is 0 Å². The van der Waals surface area contributed by atoms with Crippen LogP contribution in [-0.2, 0) is 10.0 Å². The van der Waals surface area contributed by atoms with E-state index in [9.17, 15) is 8.42 Å². The Morgan fingerprint density at radius 2 is 1.96 bits per heavy atom. The summed E-state index contributed by atoms with van der Waals surface area (Å²) in [5.74, 6) is 0. The first-order chi connectivity index (χ1) is 12.1. The van der Waals surface area contributed by atoms with Crippen molar-refractivity contribution in [3.63, 3.8) is 0 Å². The number of benzene rings is 1. The van der Waals surface area contributed by atoms with E-state index in [-0.39, 0.29) is 4.90 Å². The third-order valence-corrected chi connectivity index (χ3v) is 4.88. The molecule has 0 amide bonds. The lowest BCUT2D eigenvalue weighted by Gasteiger charge is -2.09. The Kier molecular flexibility index (Phi) is 3.62. The number of rotatable bonds is 4. The summed E-state index contributed by atoms with van der Waals surface area (Å²) in [7, 11) is -3.70. The third kappa shape index (κ3) is 3.04. The van der Waals surface area contributed by atoms with Crippen LogP contribution in [0.25, 0.3) is 16.9 Å². The Labute approximate surface area is 143 Å². The number of nitrogens with one attached hydrogen (secondary N) is 1. The topological polar surface area (TPSA) is 102 Å². The average Bonchev–Trinajstić information content (AvgIpc) is 3.10. The molecule has 4 rings (SSSR count). The average molecular weight is 352 g/mol. The first kappa shape index (κ1) is 15.2. The van der Waals surface area contributed by atoms with Crippen LogP contribution in [0, 0.1) is 0 Å². The van der Waals surface area contributed by atoms with Crippen LogP contribution >= 0.6 is 0 Å². The molecular weight excluding hydrogens is 340 g/mol. The number of hydrogen-bond donors (Lipinski definition) is 1. The quantitative estimate of drug-likeness (QED) is 0.602. The Balaban J connectivity index is 1.67. The zero-order chi connectivity index (χ0) is 17.3. The highest BCUT2D eigenvalue weighted by molar-refractivity contribution is 7.92.